The van der Waals surface area contributed by atoms with Crippen LogP contribution in [0.2, 0.25) is 0 Å². The minimum absolute atomic E-state index is 0.347. The molecule has 4 heteroatoms. The van der Waals surface area contributed by atoms with Gasteiger partial charge in [-0.05, 0) is 24.1 Å². The number of nitrogens with zero attached hydrogens (tertiary/aromatic N) is 1. The second-order valence-electron chi connectivity index (χ2n) is 3.28. The largest absolute Gasteiger partial charge is 0.242 e. The molecule has 1 aromatic rings. The minimum Gasteiger partial charge on any atom is -0.207 e. The van der Waals surface area contributed by atoms with Gasteiger partial charge in [0.2, 0.25) is 10.0 Å². The molecule has 0 aliphatic heterocycles. The molecule has 16 heavy (non-hydrogen) atoms. The van der Waals surface area contributed by atoms with E-state index in [1.807, 2.05) is 32.9 Å². The van der Waals surface area contributed by atoms with E-state index in [1.165, 1.54) is 18.4 Å². The van der Waals surface area contributed by atoms with E-state index >= 15 is 0 Å². The second-order valence-corrected chi connectivity index (χ2v) is 5.44. The molecule has 0 saturated carbocycles. The van der Waals surface area contributed by atoms with Gasteiger partial charge in [-0.2, -0.15) is 0 Å². The predicted molar refractivity (Wildman–Crippen MR) is 68.0 cm³/mol. The molecule has 3 nitrogen and oxygen atoms in total. The Morgan fingerprint density at radius 3 is 1.81 bits per heavy atom. The molecular formula is C12H21NO2S. The summed E-state index contributed by atoms with van der Waals surface area (Å²) in [5.41, 5.74) is 1.14. The molecule has 0 atom stereocenters. The molecule has 0 aliphatic carbocycles. The Morgan fingerprint density at radius 2 is 1.50 bits per heavy atom. The Morgan fingerprint density at radius 1 is 1.06 bits per heavy atom. The second kappa shape index (κ2) is 6.66. The van der Waals surface area contributed by atoms with Crippen molar-refractivity contribution in [2.24, 2.45) is 0 Å². The first kappa shape index (κ1) is 15.1. The van der Waals surface area contributed by atoms with Crippen LogP contribution < -0.4 is 0 Å². The van der Waals surface area contributed by atoms with Crippen molar-refractivity contribution >= 4 is 10.0 Å². The topological polar surface area (TPSA) is 37.4 Å². The fraction of sp³-hybridized carbons (Fsp3) is 0.500. The van der Waals surface area contributed by atoms with Crippen LogP contribution in [0.25, 0.3) is 0 Å². The fourth-order valence-electron chi connectivity index (χ4n) is 1.11. The molecule has 92 valence electrons. The summed E-state index contributed by atoms with van der Waals surface area (Å²) in [7, 11) is -0.207. The standard InChI is InChI=1S/C10H15NO2S.C2H6/c1-4-9-5-7-10(8-6-9)14(12,13)11(2)3;1-2/h5-8H,4H2,1-3H3;1-2H3. The Kier molecular flexibility index (Phi) is 6.29. The van der Waals surface area contributed by atoms with Gasteiger partial charge in [0.1, 0.15) is 0 Å². The van der Waals surface area contributed by atoms with Crippen LogP contribution in [0.3, 0.4) is 0 Å². The lowest BCUT2D eigenvalue weighted by Crippen LogP contribution is -2.22. The summed E-state index contributed by atoms with van der Waals surface area (Å²) in [5.74, 6) is 0. The fourth-order valence-corrected chi connectivity index (χ4v) is 2.01. The van der Waals surface area contributed by atoms with E-state index in [4.69, 9.17) is 0 Å². The normalized spacial score (nSPS) is 10.9. The lowest BCUT2D eigenvalue weighted by atomic mass is 10.2. The number of sulfonamides is 1. The molecule has 0 radical (unpaired) electrons. The van der Waals surface area contributed by atoms with Crippen LogP contribution in [0.1, 0.15) is 26.3 Å². The van der Waals surface area contributed by atoms with Crippen molar-refractivity contribution in [3.8, 4) is 0 Å². The van der Waals surface area contributed by atoms with Crippen LogP contribution in [0.5, 0.6) is 0 Å². The van der Waals surface area contributed by atoms with Crippen molar-refractivity contribution in [3.63, 3.8) is 0 Å². The van der Waals surface area contributed by atoms with Crippen LogP contribution in [0.4, 0.5) is 0 Å². The number of aryl methyl sites for hydroxylation is 1. The third kappa shape index (κ3) is 3.61. The van der Waals surface area contributed by atoms with Crippen LogP contribution in [0.15, 0.2) is 29.2 Å². The van der Waals surface area contributed by atoms with Gasteiger partial charge in [-0.3, -0.25) is 0 Å². The van der Waals surface area contributed by atoms with Crippen LogP contribution in [-0.4, -0.2) is 26.8 Å². The summed E-state index contributed by atoms with van der Waals surface area (Å²) in [6.45, 7) is 6.04. The quantitative estimate of drug-likeness (QED) is 0.818. The van der Waals surface area contributed by atoms with Gasteiger partial charge in [0.15, 0.2) is 0 Å². The van der Waals surface area contributed by atoms with Crippen molar-refractivity contribution in [1.29, 1.82) is 0 Å². The van der Waals surface area contributed by atoms with E-state index in [9.17, 15) is 8.42 Å². The van der Waals surface area contributed by atoms with Crippen molar-refractivity contribution < 1.29 is 8.42 Å². The highest BCUT2D eigenvalue weighted by molar-refractivity contribution is 7.89. The van der Waals surface area contributed by atoms with Gasteiger partial charge in [0.05, 0.1) is 4.90 Å². The number of hydrogen-bond acceptors (Lipinski definition) is 2. The smallest absolute Gasteiger partial charge is 0.207 e. The summed E-state index contributed by atoms with van der Waals surface area (Å²) >= 11 is 0. The number of hydrogen-bond donors (Lipinski definition) is 0. The van der Waals surface area contributed by atoms with Gasteiger partial charge >= 0.3 is 0 Å². The first-order valence-electron chi connectivity index (χ1n) is 5.50. The van der Waals surface area contributed by atoms with Gasteiger partial charge in [-0.25, -0.2) is 12.7 Å². The molecule has 0 heterocycles. The summed E-state index contributed by atoms with van der Waals surface area (Å²) in [4.78, 5) is 0.347. The molecule has 0 bridgehead atoms. The van der Waals surface area contributed by atoms with Gasteiger partial charge in [0, 0.05) is 14.1 Å². The van der Waals surface area contributed by atoms with Crippen LogP contribution in [0, 0.1) is 0 Å². The molecule has 0 unspecified atom stereocenters. The van der Waals surface area contributed by atoms with E-state index in [1.54, 1.807) is 12.1 Å². The Hall–Kier alpha value is -0.870. The van der Waals surface area contributed by atoms with Gasteiger partial charge in [0.25, 0.3) is 0 Å². The zero-order valence-electron chi connectivity index (χ0n) is 10.7. The van der Waals surface area contributed by atoms with E-state index in [2.05, 4.69) is 0 Å². The van der Waals surface area contributed by atoms with E-state index in [-0.39, 0.29) is 0 Å². The molecule has 0 saturated heterocycles. The Balaban J connectivity index is 0.00000106. The Bertz CT molecular complexity index is 394. The monoisotopic (exact) mass is 243 g/mol. The Labute approximate surface area is 99.1 Å². The molecule has 1 rings (SSSR count). The number of benzene rings is 1. The maximum Gasteiger partial charge on any atom is 0.242 e. The SMILES string of the molecule is CC.CCc1ccc(S(=O)(=O)N(C)C)cc1. The third-order valence-electron chi connectivity index (χ3n) is 2.11. The zero-order valence-corrected chi connectivity index (χ0v) is 11.5. The van der Waals surface area contributed by atoms with Crippen LogP contribution >= 0.6 is 0 Å². The van der Waals surface area contributed by atoms with Gasteiger partial charge in [-0.15, -0.1) is 0 Å². The average Bonchev–Trinajstić information content (AvgIpc) is 2.31. The molecule has 0 aromatic heterocycles. The van der Waals surface area contributed by atoms with Crippen LogP contribution in [-0.2, 0) is 16.4 Å². The third-order valence-corrected chi connectivity index (χ3v) is 3.94. The zero-order chi connectivity index (χ0) is 12.8. The lowest BCUT2D eigenvalue weighted by Gasteiger charge is -2.11. The first-order chi connectivity index (χ1) is 7.48. The van der Waals surface area contributed by atoms with Gasteiger partial charge in [-0.1, -0.05) is 32.9 Å². The number of rotatable bonds is 3. The van der Waals surface area contributed by atoms with Crippen molar-refractivity contribution in [2.45, 2.75) is 32.1 Å². The minimum atomic E-state index is -3.27. The molecule has 0 fully saturated rings. The van der Waals surface area contributed by atoms with Crippen molar-refractivity contribution in [3.05, 3.63) is 29.8 Å². The highest BCUT2D eigenvalue weighted by Gasteiger charge is 2.15. The predicted octanol–water partition coefficient (Wildman–Crippen LogP) is 2.53. The van der Waals surface area contributed by atoms with Crippen molar-refractivity contribution in [1.82, 2.24) is 4.31 Å². The first-order valence-corrected chi connectivity index (χ1v) is 6.94. The molecule has 1 aromatic carbocycles. The summed E-state index contributed by atoms with van der Waals surface area (Å²) in [6, 6.07) is 6.98. The molecule has 0 amide bonds. The van der Waals surface area contributed by atoms with Gasteiger partial charge < -0.3 is 0 Å². The highest BCUT2D eigenvalue weighted by Crippen LogP contribution is 2.13. The average molecular weight is 243 g/mol. The summed E-state index contributed by atoms with van der Waals surface area (Å²) < 4.78 is 24.5. The maximum absolute atomic E-state index is 11.7. The van der Waals surface area contributed by atoms with E-state index < -0.39 is 10.0 Å². The molecule has 0 spiro atoms. The molecule has 0 N–H and O–H groups in total. The molecule has 0 aliphatic rings. The maximum atomic E-state index is 11.7. The highest BCUT2D eigenvalue weighted by atomic mass is 32.2. The lowest BCUT2D eigenvalue weighted by molar-refractivity contribution is 0.520. The van der Waals surface area contributed by atoms with E-state index in [0.717, 1.165) is 12.0 Å². The summed E-state index contributed by atoms with van der Waals surface area (Å²) in [6.07, 6.45) is 0.919. The van der Waals surface area contributed by atoms with Crippen molar-refractivity contribution in [2.75, 3.05) is 14.1 Å². The van der Waals surface area contributed by atoms with E-state index in [0.29, 0.717) is 4.90 Å². The molecular weight excluding hydrogens is 222 g/mol. The summed E-state index contributed by atoms with van der Waals surface area (Å²) in [5, 5.41) is 0.